The fourth-order valence-corrected chi connectivity index (χ4v) is 2.59. The molecule has 102 valence electrons. The van der Waals surface area contributed by atoms with Crippen LogP contribution in [0.3, 0.4) is 0 Å². The van der Waals surface area contributed by atoms with E-state index in [4.69, 9.17) is 4.74 Å². The van der Waals surface area contributed by atoms with Crippen molar-refractivity contribution in [1.29, 1.82) is 0 Å². The number of aryl methyl sites for hydroxylation is 1. The van der Waals surface area contributed by atoms with Crippen molar-refractivity contribution in [3.05, 3.63) is 11.9 Å². The normalized spacial score (nSPS) is 21.8. The smallest absolute Gasteiger partial charge is 0.162 e. The van der Waals surface area contributed by atoms with Gasteiger partial charge in [-0.3, -0.25) is 4.68 Å². The number of ether oxygens (including phenoxy) is 1. The third-order valence-electron chi connectivity index (χ3n) is 3.56. The zero-order valence-electron chi connectivity index (χ0n) is 11.2. The maximum atomic E-state index is 10.6. The third-order valence-corrected chi connectivity index (χ3v) is 3.56. The van der Waals surface area contributed by atoms with Crippen molar-refractivity contribution in [2.24, 2.45) is 5.92 Å². The van der Waals surface area contributed by atoms with Crippen LogP contribution in [-0.4, -0.2) is 35.1 Å². The van der Waals surface area contributed by atoms with Crippen molar-refractivity contribution < 1.29 is 9.84 Å². The molecule has 18 heavy (non-hydrogen) atoms. The summed E-state index contributed by atoms with van der Waals surface area (Å²) in [7, 11) is 1.63. The SMILES string of the molecule is CCCn1ncc(OC)c1C(O)C1CCCNC1. The second-order valence-corrected chi connectivity index (χ2v) is 4.87. The van der Waals surface area contributed by atoms with Gasteiger partial charge in [0, 0.05) is 19.0 Å². The summed E-state index contributed by atoms with van der Waals surface area (Å²) < 4.78 is 7.19. The minimum absolute atomic E-state index is 0.250. The van der Waals surface area contributed by atoms with Crippen LogP contribution in [0.5, 0.6) is 5.75 Å². The first-order valence-electron chi connectivity index (χ1n) is 6.76. The van der Waals surface area contributed by atoms with Crippen LogP contribution in [0.4, 0.5) is 0 Å². The summed E-state index contributed by atoms with van der Waals surface area (Å²) in [4.78, 5) is 0. The third kappa shape index (κ3) is 2.67. The maximum absolute atomic E-state index is 10.6. The minimum atomic E-state index is -0.498. The zero-order chi connectivity index (χ0) is 13.0. The molecule has 1 aromatic heterocycles. The summed E-state index contributed by atoms with van der Waals surface area (Å²) in [6.45, 7) is 4.83. The van der Waals surface area contributed by atoms with Crippen molar-refractivity contribution in [3.8, 4) is 5.75 Å². The molecule has 2 N–H and O–H groups in total. The second kappa shape index (κ2) is 6.20. The van der Waals surface area contributed by atoms with Gasteiger partial charge in [-0.05, 0) is 25.8 Å². The Morgan fingerprint density at radius 2 is 2.50 bits per heavy atom. The Morgan fingerprint density at radius 1 is 1.67 bits per heavy atom. The zero-order valence-corrected chi connectivity index (χ0v) is 11.2. The quantitative estimate of drug-likeness (QED) is 0.831. The fourth-order valence-electron chi connectivity index (χ4n) is 2.59. The molecule has 0 aliphatic carbocycles. The van der Waals surface area contributed by atoms with Gasteiger partial charge in [0.05, 0.1) is 13.3 Å². The fraction of sp³-hybridized carbons (Fsp3) is 0.769. The van der Waals surface area contributed by atoms with Crippen LogP contribution in [0, 0.1) is 5.92 Å². The molecule has 1 aliphatic rings. The Morgan fingerprint density at radius 3 is 3.11 bits per heavy atom. The molecule has 2 unspecified atom stereocenters. The lowest BCUT2D eigenvalue weighted by Crippen LogP contribution is -2.34. The molecule has 2 rings (SSSR count). The topological polar surface area (TPSA) is 59.3 Å². The van der Waals surface area contributed by atoms with E-state index in [0.29, 0.717) is 5.75 Å². The number of hydrogen-bond acceptors (Lipinski definition) is 4. The van der Waals surface area contributed by atoms with Crippen molar-refractivity contribution in [3.63, 3.8) is 0 Å². The summed E-state index contributed by atoms with van der Waals surface area (Å²) in [5.74, 6) is 0.946. The molecule has 1 fully saturated rings. The number of piperidine rings is 1. The van der Waals surface area contributed by atoms with Crippen molar-refractivity contribution in [2.45, 2.75) is 38.8 Å². The Hall–Kier alpha value is -1.07. The number of rotatable bonds is 5. The van der Waals surface area contributed by atoms with Crippen LogP contribution < -0.4 is 10.1 Å². The van der Waals surface area contributed by atoms with E-state index >= 15 is 0 Å². The molecule has 5 nitrogen and oxygen atoms in total. The molecule has 2 atom stereocenters. The van der Waals surface area contributed by atoms with E-state index in [1.165, 1.54) is 0 Å². The lowest BCUT2D eigenvalue weighted by atomic mass is 9.91. The van der Waals surface area contributed by atoms with E-state index in [-0.39, 0.29) is 5.92 Å². The van der Waals surface area contributed by atoms with E-state index in [2.05, 4.69) is 17.3 Å². The molecule has 1 aromatic rings. The Kier molecular flexibility index (Phi) is 4.60. The molecule has 0 aromatic carbocycles. The Labute approximate surface area is 108 Å². The lowest BCUT2D eigenvalue weighted by molar-refractivity contribution is 0.0811. The highest BCUT2D eigenvalue weighted by Crippen LogP contribution is 2.33. The molecule has 1 aliphatic heterocycles. The predicted octanol–water partition coefficient (Wildman–Crippen LogP) is 1.33. The second-order valence-electron chi connectivity index (χ2n) is 4.87. The number of methoxy groups -OCH3 is 1. The highest BCUT2D eigenvalue weighted by atomic mass is 16.5. The number of nitrogens with one attached hydrogen (secondary N) is 1. The molecule has 0 radical (unpaired) electrons. The number of nitrogens with zero attached hydrogens (tertiary/aromatic N) is 2. The van der Waals surface area contributed by atoms with E-state index in [1.54, 1.807) is 13.3 Å². The molecule has 1 saturated heterocycles. The lowest BCUT2D eigenvalue weighted by Gasteiger charge is -2.28. The van der Waals surface area contributed by atoms with Crippen LogP contribution in [0.2, 0.25) is 0 Å². The first-order chi connectivity index (χ1) is 8.77. The molecule has 0 bridgehead atoms. The predicted molar refractivity (Wildman–Crippen MR) is 69.6 cm³/mol. The number of hydrogen-bond donors (Lipinski definition) is 2. The number of aromatic nitrogens is 2. The first kappa shape index (κ1) is 13.4. The van der Waals surface area contributed by atoms with Gasteiger partial charge in [-0.1, -0.05) is 6.92 Å². The largest absolute Gasteiger partial charge is 0.493 e. The van der Waals surface area contributed by atoms with Crippen LogP contribution in [0.1, 0.15) is 38.0 Å². The summed E-state index contributed by atoms with van der Waals surface area (Å²) in [6.07, 6.45) is 4.36. The van der Waals surface area contributed by atoms with Gasteiger partial charge in [0.25, 0.3) is 0 Å². The van der Waals surface area contributed by atoms with E-state index in [0.717, 1.165) is 44.6 Å². The van der Waals surface area contributed by atoms with Crippen molar-refractivity contribution in [1.82, 2.24) is 15.1 Å². The maximum Gasteiger partial charge on any atom is 0.162 e. The average molecular weight is 253 g/mol. The van der Waals surface area contributed by atoms with E-state index < -0.39 is 6.10 Å². The summed E-state index contributed by atoms with van der Waals surface area (Å²) >= 11 is 0. The molecule has 0 amide bonds. The molecule has 0 spiro atoms. The van der Waals surface area contributed by atoms with Crippen molar-refractivity contribution in [2.75, 3.05) is 20.2 Å². The highest BCUT2D eigenvalue weighted by molar-refractivity contribution is 5.28. The molecule has 2 heterocycles. The first-order valence-corrected chi connectivity index (χ1v) is 6.76. The van der Waals surface area contributed by atoms with Crippen LogP contribution in [-0.2, 0) is 6.54 Å². The Bertz CT molecular complexity index is 372. The van der Waals surface area contributed by atoms with Gasteiger partial charge in [-0.25, -0.2) is 0 Å². The van der Waals surface area contributed by atoms with Gasteiger partial charge in [0.1, 0.15) is 11.8 Å². The van der Waals surface area contributed by atoms with Crippen LogP contribution in [0.25, 0.3) is 0 Å². The van der Waals surface area contributed by atoms with Gasteiger partial charge in [-0.2, -0.15) is 5.10 Å². The number of aliphatic hydroxyl groups is 1. The van der Waals surface area contributed by atoms with Gasteiger partial charge >= 0.3 is 0 Å². The molecule has 0 saturated carbocycles. The van der Waals surface area contributed by atoms with Gasteiger partial charge in [0.15, 0.2) is 5.75 Å². The van der Waals surface area contributed by atoms with E-state index in [1.807, 2.05) is 4.68 Å². The van der Waals surface area contributed by atoms with Crippen LogP contribution in [0.15, 0.2) is 6.20 Å². The van der Waals surface area contributed by atoms with Gasteiger partial charge < -0.3 is 15.2 Å². The summed E-state index contributed by atoms with van der Waals surface area (Å²) in [5, 5.41) is 18.2. The van der Waals surface area contributed by atoms with Gasteiger partial charge in [0.2, 0.25) is 0 Å². The highest BCUT2D eigenvalue weighted by Gasteiger charge is 2.28. The summed E-state index contributed by atoms with van der Waals surface area (Å²) in [6, 6.07) is 0. The van der Waals surface area contributed by atoms with Crippen molar-refractivity contribution >= 4 is 0 Å². The standard InChI is InChI=1S/C13H23N3O2/c1-3-7-16-12(11(18-2)9-15-16)13(17)10-5-4-6-14-8-10/h9-10,13-14,17H,3-8H2,1-2H3. The monoisotopic (exact) mass is 253 g/mol. The summed E-state index contributed by atoms with van der Waals surface area (Å²) in [5.41, 5.74) is 0.827. The molecular weight excluding hydrogens is 230 g/mol. The molecule has 5 heteroatoms. The average Bonchev–Trinajstić information content (AvgIpc) is 2.82. The van der Waals surface area contributed by atoms with Crippen LogP contribution >= 0.6 is 0 Å². The Balaban J connectivity index is 2.20. The molecular formula is C13H23N3O2. The van der Waals surface area contributed by atoms with E-state index in [9.17, 15) is 5.11 Å². The minimum Gasteiger partial charge on any atom is -0.493 e. The number of aliphatic hydroxyl groups excluding tert-OH is 1. The van der Waals surface area contributed by atoms with Gasteiger partial charge in [-0.15, -0.1) is 0 Å².